The molecular formula is C14H15ClN2O3S. The van der Waals surface area contributed by atoms with Crippen molar-refractivity contribution in [3.8, 4) is 5.75 Å². The van der Waals surface area contributed by atoms with E-state index in [1.54, 1.807) is 17.4 Å². The van der Waals surface area contributed by atoms with Crippen molar-refractivity contribution in [2.45, 2.75) is 6.42 Å². The van der Waals surface area contributed by atoms with Crippen LogP contribution in [0, 0.1) is 5.41 Å². The molecule has 0 atom stereocenters. The van der Waals surface area contributed by atoms with Gasteiger partial charge in [-0.2, -0.15) is 0 Å². The molecule has 0 fully saturated rings. The van der Waals surface area contributed by atoms with Gasteiger partial charge in [0.2, 0.25) is 0 Å². The fraction of sp³-hybridized carbons (Fsp3) is 0.143. The predicted octanol–water partition coefficient (Wildman–Crippen LogP) is 3.51. The number of aromatic carboxylic acids is 1. The molecule has 0 amide bonds. The lowest BCUT2D eigenvalue weighted by Gasteiger charge is -2.12. The highest BCUT2D eigenvalue weighted by molar-refractivity contribution is 7.10. The Kier molecular flexibility index (Phi) is 6.20. The minimum Gasteiger partial charge on any atom is -0.495 e. The predicted molar refractivity (Wildman–Crippen MR) is 86.6 cm³/mol. The average Bonchev–Trinajstić information content (AvgIpc) is 2.91. The standard InChI is InChI=1S/C14H14N2O3S.ClH/c1-19-12-5-4-9(14(17)18)7-11(12)16-13(15)8-10-3-2-6-20-10;/h2-7H,8H2,1H3,(H2,15,16)(H,17,18);1H. The topological polar surface area (TPSA) is 82.4 Å². The SMILES string of the molecule is COc1ccc(C(=O)O)cc1NC(=N)Cc1cccs1.Cl. The van der Waals surface area contributed by atoms with Crippen molar-refractivity contribution >= 4 is 41.2 Å². The Morgan fingerprint density at radius 1 is 1.43 bits per heavy atom. The number of hydrogen-bond acceptors (Lipinski definition) is 4. The van der Waals surface area contributed by atoms with Crippen LogP contribution in [0.2, 0.25) is 0 Å². The normalized spacial score (nSPS) is 9.57. The molecule has 0 saturated carbocycles. The van der Waals surface area contributed by atoms with E-state index < -0.39 is 5.97 Å². The zero-order valence-electron chi connectivity index (χ0n) is 11.3. The molecule has 3 N–H and O–H groups in total. The Hall–Kier alpha value is -2.05. The average molecular weight is 327 g/mol. The lowest BCUT2D eigenvalue weighted by atomic mass is 10.2. The maximum atomic E-state index is 11.0. The molecule has 7 heteroatoms. The maximum Gasteiger partial charge on any atom is 0.335 e. The first-order valence-corrected chi connectivity index (χ1v) is 6.76. The molecule has 0 radical (unpaired) electrons. The van der Waals surface area contributed by atoms with E-state index in [1.807, 2.05) is 17.5 Å². The number of hydrogen-bond donors (Lipinski definition) is 3. The number of anilines is 1. The smallest absolute Gasteiger partial charge is 0.335 e. The molecule has 0 aliphatic carbocycles. The Morgan fingerprint density at radius 3 is 2.76 bits per heavy atom. The van der Waals surface area contributed by atoms with Gasteiger partial charge in [0.15, 0.2) is 0 Å². The van der Waals surface area contributed by atoms with Crippen molar-refractivity contribution in [3.63, 3.8) is 0 Å². The molecule has 0 aliphatic heterocycles. The number of nitrogens with one attached hydrogen (secondary N) is 2. The van der Waals surface area contributed by atoms with E-state index in [4.69, 9.17) is 15.3 Å². The summed E-state index contributed by atoms with van der Waals surface area (Å²) in [5, 5.41) is 21.8. The van der Waals surface area contributed by atoms with Crippen LogP contribution in [0.25, 0.3) is 0 Å². The second-order valence-corrected chi connectivity index (χ2v) is 5.11. The summed E-state index contributed by atoms with van der Waals surface area (Å²) in [6.07, 6.45) is 0.470. The molecule has 1 aromatic carbocycles. The van der Waals surface area contributed by atoms with Gasteiger partial charge >= 0.3 is 5.97 Å². The molecular weight excluding hydrogens is 312 g/mol. The van der Waals surface area contributed by atoms with Gasteiger partial charge < -0.3 is 15.2 Å². The third kappa shape index (κ3) is 4.47. The second-order valence-electron chi connectivity index (χ2n) is 4.08. The Bertz CT molecular complexity index is 629. The molecule has 1 heterocycles. The molecule has 2 rings (SSSR count). The third-order valence-corrected chi connectivity index (χ3v) is 3.54. The van der Waals surface area contributed by atoms with Gasteiger partial charge in [-0.05, 0) is 29.6 Å². The lowest BCUT2D eigenvalue weighted by Crippen LogP contribution is -2.14. The highest BCUT2D eigenvalue weighted by atomic mass is 35.5. The summed E-state index contributed by atoms with van der Waals surface area (Å²) in [4.78, 5) is 12.0. The number of thiophene rings is 1. The summed E-state index contributed by atoms with van der Waals surface area (Å²) in [6.45, 7) is 0. The van der Waals surface area contributed by atoms with Crippen molar-refractivity contribution in [3.05, 3.63) is 46.2 Å². The van der Waals surface area contributed by atoms with Gasteiger partial charge in [-0.15, -0.1) is 23.7 Å². The molecule has 0 bridgehead atoms. The number of ether oxygens (including phenoxy) is 1. The van der Waals surface area contributed by atoms with Crippen LogP contribution in [-0.4, -0.2) is 24.0 Å². The number of benzene rings is 1. The molecule has 21 heavy (non-hydrogen) atoms. The number of carboxylic acid groups (broad SMARTS) is 1. The second kappa shape index (κ2) is 7.66. The number of halogens is 1. The van der Waals surface area contributed by atoms with Crippen LogP contribution in [0.3, 0.4) is 0 Å². The van der Waals surface area contributed by atoms with Crippen LogP contribution in [0.4, 0.5) is 5.69 Å². The van der Waals surface area contributed by atoms with Gasteiger partial charge in [0.25, 0.3) is 0 Å². The van der Waals surface area contributed by atoms with Gasteiger partial charge in [0, 0.05) is 11.3 Å². The number of carbonyl (C=O) groups is 1. The highest BCUT2D eigenvalue weighted by Gasteiger charge is 2.10. The molecule has 1 aromatic heterocycles. The quantitative estimate of drug-likeness (QED) is 0.580. The zero-order valence-corrected chi connectivity index (χ0v) is 12.9. The molecule has 0 spiro atoms. The summed E-state index contributed by atoms with van der Waals surface area (Å²) >= 11 is 1.57. The van der Waals surface area contributed by atoms with Gasteiger partial charge in [-0.25, -0.2) is 4.79 Å². The summed E-state index contributed by atoms with van der Waals surface area (Å²) in [6, 6.07) is 8.38. The zero-order chi connectivity index (χ0) is 14.5. The fourth-order valence-corrected chi connectivity index (χ4v) is 2.45. The fourth-order valence-electron chi connectivity index (χ4n) is 1.73. The van der Waals surface area contributed by atoms with Crippen molar-refractivity contribution in [2.75, 3.05) is 12.4 Å². The molecule has 0 unspecified atom stereocenters. The van der Waals surface area contributed by atoms with E-state index >= 15 is 0 Å². The van der Waals surface area contributed by atoms with Crippen LogP contribution < -0.4 is 10.1 Å². The van der Waals surface area contributed by atoms with Crippen molar-refractivity contribution in [1.29, 1.82) is 5.41 Å². The third-order valence-electron chi connectivity index (χ3n) is 2.66. The Labute approximate surface area is 132 Å². The van der Waals surface area contributed by atoms with Gasteiger partial charge in [-0.3, -0.25) is 5.41 Å². The van der Waals surface area contributed by atoms with E-state index in [1.165, 1.54) is 19.2 Å². The minimum atomic E-state index is -1.01. The summed E-state index contributed by atoms with van der Waals surface area (Å²) in [5.74, 6) is -0.222. The molecule has 112 valence electrons. The van der Waals surface area contributed by atoms with E-state index in [0.29, 0.717) is 17.9 Å². The number of amidine groups is 1. The largest absolute Gasteiger partial charge is 0.495 e. The first-order chi connectivity index (χ1) is 9.60. The van der Waals surface area contributed by atoms with Gasteiger partial charge in [-0.1, -0.05) is 6.07 Å². The van der Waals surface area contributed by atoms with Crippen LogP contribution in [0.15, 0.2) is 35.7 Å². The van der Waals surface area contributed by atoms with Crippen LogP contribution in [0.1, 0.15) is 15.2 Å². The van der Waals surface area contributed by atoms with Gasteiger partial charge in [0.05, 0.1) is 18.4 Å². The summed E-state index contributed by atoms with van der Waals surface area (Å²) in [5.41, 5.74) is 0.631. The van der Waals surface area contributed by atoms with Crippen molar-refractivity contribution in [2.24, 2.45) is 0 Å². The minimum absolute atomic E-state index is 0. The lowest BCUT2D eigenvalue weighted by molar-refractivity contribution is 0.0697. The Morgan fingerprint density at radius 2 is 2.19 bits per heavy atom. The Balaban J connectivity index is 0.00000220. The first-order valence-electron chi connectivity index (χ1n) is 5.88. The van der Waals surface area contributed by atoms with Crippen LogP contribution >= 0.6 is 23.7 Å². The molecule has 0 saturated heterocycles. The maximum absolute atomic E-state index is 11.0. The van der Waals surface area contributed by atoms with Crippen LogP contribution in [-0.2, 0) is 6.42 Å². The molecule has 2 aromatic rings. The monoisotopic (exact) mass is 326 g/mol. The van der Waals surface area contributed by atoms with Crippen molar-refractivity contribution < 1.29 is 14.6 Å². The van der Waals surface area contributed by atoms with Crippen molar-refractivity contribution in [1.82, 2.24) is 0 Å². The summed E-state index contributed by atoms with van der Waals surface area (Å²) < 4.78 is 5.17. The number of methoxy groups -OCH3 is 1. The van der Waals surface area contributed by atoms with E-state index in [0.717, 1.165) is 4.88 Å². The van der Waals surface area contributed by atoms with Gasteiger partial charge in [0.1, 0.15) is 11.6 Å². The number of rotatable bonds is 5. The van der Waals surface area contributed by atoms with Crippen LogP contribution in [0.5, 0.6) is 5.75 Å². The van der Waals surface area contributed by atoms with E-state index in [9.17, 15) is 4.79 Å². The highest BCUT2D eigenvalue weighted by Crippen LogP contribution is 2.26. The number of carboxylic acids is 1. The molecule has 0 aliphatic rings. The summed E-state index contributed by atoms with van der Waals surface area (Å²) in [7, 11) is 1.50. The molecule has 5 nitrogen and oxygen atoms in total. The van der Waals surface area contributed by atoms with E-state index in [-0.39, 0.29) is 23.8 Å². The first kappa shape index (κ1) is 17.0. The van der Waals surface area contributed by atoms with E-state index in [2.05, 4.69) is 5.32 Å².